The number of halogens is 2. The second kappa shape index (κ2) is 15.1. The summed E-state index contributed by atoms with van der Waals surface area (Å²) in [4.78, 5) is 54.1. The first-order valence-electron chi connectivity index (χ1n) is 15.3. The fraction of sp³-hybridized carbons (Fsp3) is 0.394. The van der Waals surface area contributed by atoms with Crippen molar-refractivity contribution in [2.45, 2.75) is 52.4 Å². The van der Waals surface area contributed by atoms with Crippen molar-refractivity contribution in [3.63, 3.8) is 0 Å². The average Bonchev–Trinajstić information content (AvgIpc) is 3.60. The van der Waals surface area contributed by atoms with E-state index in [0.29, 0.717) is 43.7 Å². The summed E-state index contributed by atoms with van der Waals surface area (Å²) in [7, 11) is -1.93. The van der Waals surface area contributed by atoms with Gasteiger partial charge in [-0.1, -0.05) is 6.07 Å². The highest BCUT2D eigenvalue weighted by molar-refractivity contribution is 9.10. The largest absolute Gasteiger partial charge is 0.483 e. The zero-order valence-electron chi connectivity index (χ0n) is 27.0. The Hall–Kier alpha value is -3.84. The molecule has 48 heavy (non-hydrogen) atoms. The molecular weight excluding hydrogens is 708 g/mol. The number of pyridine rings is 1. The van der Waals surface area contributed by atoms with Crippen molar-refractivity contribution in [3.8, 4) is 16.9 Å². The molecule has 4 heterocycles. The van der Waals surface area contributed by atoms with E-state index in [-0.39, 0.29) is 62.5 Å². The summed E-state index contributed by atoms with van der Waals surface area (Å²) in [6.07, 6.45) is 2.81. The van der Waals surface area contributed by atoms with E-state index in [1.54, 1.807) is 67.3 Å². The number of aromatic nitrogens is 4. The molecule has 254 valence electrons. The van der Waals surface area contributed by atoms with Crippen LogP contribution in [0.15, 0.2) is 53.5 Å². The SMILES string of the molecule is CCOP(=O)(COC)COc1cc2c(cc1-c1cnc(C)nc1)c(C(C)=O)cn2CC(=O)N1C[C@H](F)CC1C(=O)Cc1cccc(Br)n1. The van der Waals surface area contributed by atoms with Gasteiger partial charge in [0.25, 0.3) is 7.37 Å². The number of hydrogen-bond acceptors (Lipinski definition) is 10. The number of methoxy groups -OCH3 is 1. The molecule has 3 atom stereocenters. The van der Waals surface area contributed by atoms with E-state index in [2.05, 4.69) is 30.9 Å². The van der Waals surface area contributed by atoms with Gasteiger partial charge in [0.1, 0.15) is 35.2 Å². The summed E-state index contributed by atoms with van der Waals surface area (Å²) < 4.78 is 47.0. The minimum absolute atomic E-state index is 0.0532. The van der Waals surface area contributed by atoms with Gasteiger partial charge in [0.2, 0.25) is 5.91 Å². The lowest BCUT2D eigenvalue weighted by Gasteiger charge is -2.24. The highest BCUT2D eigenvalue weighted by atomic mass is 79.9. The summed E-state index contributed by atoms with van der Waals surface area (Å²) >= 11 is 3.29. The van der Waals surface area contributed by atoms with Crippen LogP contribution >= 0.6 is 23.3 Å². The Kier molecular flexibility index (Phi) is 11.2. The van der Waals surface area contributed by atoms with Crippen LogP contribution in [0, 0.1) is 6.92 Å². The highest BCUT2D eigenvalue weighted by Gasteiger charge is 2.39. The normalized spacial score (nSPS) is 17.4. The summed E-state index contributed by atoms with van der Waals surface area (Å²) in [5.41, 5.74) is 2.43. The molecule has 1 saturated heterocycles. The maximum absolute atomic E-state index is 14.7. The van der Waals surface area contributed by atoms with Crippen molar-refractivity contribution in [1.29, 1.82) is 0 Å². The maximum atomic E-state index is 14.7. The van der Waals surface area contributed by atoms with Gasteiger partial charge in [0, 0.05) is 66.0 Å². The van der Waals surface area contributed by atoms with E-state index in [4.69, 9.17) is 14.0 Å². The minimum atomic E-state index is -3.35. The topological polar surface area (TPSA) is 143 Å². The van der Waals surface area contributed by atoms with E-state index in [9.17, 15) is 23.3 Å². The van der Waals surface area contributed by atoms with Crippen molar-refractivity contribution in [1.82, 2.24) is 24.4 Å². The molecule has 15 heteroatoms. The minimum Gasteiger partial charge on any atom is -0.483 e. The number of likely N-dealkylation sites (tertiary alicyclic amines) is 1. The first kappa shape index (κ1) is 35.5. The van der Waals surface area contributed by atoms with Gasteiger partial charge in [-0.15, -0.1) is 0 Å². The maximum Gasteiger partial charge on any atom is 0.264 e. The van der Waals surface area contributed by atoms with Crippen LogP contribution in [0.5, 0.6) is 5.75 Å². The van der Waals surface area contributed by atoms with E-state index >= 15 is 0 Å². The van der Waals surface area contributed by atoms with E-state index < -0.39 is 25.5 Å². The highest BCUT2D eigenvalue weighted by Crippen LogP contribution is 2.48. The van der Waals surface area contributed by atoms with E-state index in [1.807, 2.05) is 0 Å². The number of nitrogens with zero attached hydrogens (tertiary/aromatic N) is 5. The molecule has 2 unspecified atom stereocenters. The number of benzene rings is 1. The average molecular weight is 745 g/mol. The molecular formula is C33H36BrFN5O7P. The van der Waals surface area contributed by atoms with Crippen LogP contribution in [0.1, 0.15) is 42.1 Å². The summed E-state index contributed by atoms with van der Waals surface area (Å²) in [5.74, 6) is -0.202. The molecule has 0 aliphatic carbocycles. The number of aryl methyl sites for hydroxylation is 1. The second-order valence-corrected chi connectivity index (χ2v) is 14.7. The molecule has 0 radical (unpaired) electrons. The summed E-state index contributed by atoms with van der Waals surface area (Å²) in [5, 5.41) is 0.529. The lowest BCUT2D eigenvalue weighted by atomic mass is 10.0. The third-order valence-electron chi connectivity index (χ3n) is 7.94. The quantitative estimate of drug-likeness (QED) is 0.0887. The molecule has 1 aliphatic rings. The number of alkyl halides is 1. The predicted octanol–water partition coefficient (Wildman–Crippen LogP) is 5.77. The lowest BCUT2D eigenvalue weighted by Crippen LogP contribution is -2.42. The Bertz CT molecular complexity index is 1880. The number of carbonyl (C=O) groups is 3. The van der Waals surface area contributed by atoms with Crippen molar-refractivity contribution in [3.05, 3.63) is 70.6 Å². The van der Waals surface area contributed by atoms with Gasteiger partial charge >= 0.3 is 0 Å². The van der Waals surface area contributed by atoms with Crippen LogP contribution in [0.2, 0.25) is 0 Å². The second-order valence-electron chi connectivity index (χ2n) is 11.5. The van der Waals surface area contributed by atoms with Crippen LogP contribution in [0.4, 0.5) is 4.39 Å². The zero-order valence-corrected chi connectivity index (χ0v) is 29.5. The van der Waals surface area contributed by atoms with Crippen molar-refractivity contribution in [2.24, 2.45) is 0 Å². The Labute approximate surface area is 285 Å². The molecule has 1 aromatic carbocycles. The molecule has 0 N–H and O–H groups in total. The van der Waals surface area contributed by atoms with Gasteiger partial charge in [-0.2, -0.15) is 0 Å². The smallest absolute Gasteiger partial charge is 0.264 e. The number of ketones is 2. The van der Waals surface area contributed by atoms with Gasteiger partial charge in [-0.25, -0.2) is 19.3 Å². The zero-order chi connectivity index (χ0) is 34.6. The first-order chi connectivity index (χ1) is 22.9. The molecule has 12 nitrogen and oxygen atoms in total. The summed E-state index contributed by atoms with van der Waals surface area (Å²) in [6.45, 7) is 4.58. The molecule has 0 spiro atoms. The van der Waals surface area contributed by atoms with Crippen molar-refractivity contribution < 1.29 is 37.3 Å². The first-order valence-corrected chi connectivity index (χ1v) is 18.1. The number of Topliss-reactive ketones (excluding diaryl/α,β-unsaturated/α-hetero) is 2. The molecule has 0 bridgehead atoms. The molecule has 1 aliphatic heterocycles. The summed E-state index contributed by atoms with van der Waals surface area (Å²) in [6, 6.07) is 7.62. The van der Waals surface area contributed by atoms with Crippen LogP contribution in [-0.2, 0) is 36.4 Å². The monoisotopic (exact) mass is 743 g/mol. The van der Waals surface area contributed by atoms with E-state index in [0.717, 1.165) is 0 Å². The van der Waals surface area contributed by atoms with E-state index in [1.165, 1.54) is 18.9 Å². The number of rotatable bonds is 14. The van der Waals surface area contributed by atoms with Gasteiger partial charge in [-0.3, -0.25) is 18.9 Å². The predicted molar refractivity (Wildman–Crippen MR) is 180 cm³/mol. The Morgan fingerprint density at radius 3 is 2.56 bits per heavy atom. The van der Waals surface area contributed by atoms with Crippen LogP contribution in [0.3, 0.4) is 0 Å². The Morgan fingerprint density at radius 1 is 1.15 bits per heavy atom. The molecule has 1 amide bonds. The fourth-order valence-corrected chi connectivity index (χ4v) is 7.57. The number of carbonyl (C=O) groups excluding carboxylic acids is 3. The van der Waals surface area contributed by atoms with Gasteiger partial charge < -0.3 is 23.5 Å². The number of ether oxygens (including phenoxy) is 2. The molecule has 1 fully saturated rings. The number of hydrogen-bond donors (Lipinski definition) is 0. The third kappa shape index (κ3) is 8.06. The third-order valence-corrected chi connectivity index (χ3v) is 10.3. The van der Waals surface area contributed by atoms with Crippen LogP contribution in [0.25, 0.3) is 22.0 Å². The van der Waals surface area contributed by atoms with Gasteiger partial charge in [0.05, 0.1) is 31.1 Å². The molecule has 0 saturated carbocycles. The van der Waals surface area contributed by atoms with Crippen molar-refractivity contribution >= 4 is 51.7 Å². The number of amides is 1. The standard InChI is InChI=1S/C33H36BrFN5O7P/c1-5-47-48(44,18-45-4)19-46-31-12-28-26(11-25(31)22-13-36-21(3)37-14-22)27(20(2)41)16-39(28)17-33(43)40-15-23(35)9-29(40)30(42)10-24-7-6-8-32(34)38-24/h6-8,11-14,16,23,29H,5,9-10,15,17-19H2,1-4H3/t23-,29?,48?/m1/s1. The van der Waals surface area contributed by atoms with Crippen molar-refractivity contribution in [2.75, 3.05) is 33.0 Å². The van der Waals surface area contributed by atoms with Crippen LogP contribution in [-0.4, -0.2) is 87.1 Å². The Balaban J connectivity index is 1.51. The lowest BCUT2D eigenvalue weighted by molar-refractivity contribution is -0.137. The molecule has 4 aromatic rings. The molecule has 5 rings (SSSR count). The fourth-order valence-electron chi connectivity index (χ4n) is 5.76. The number of fused-ring (bicyclic) bond motifs is 1. The van der Waals surface area contributed by atoms with Gasteiger partial charge in [0.15, 0.2) is 17.9 Å². The molecule has 3 aromatic heterocycles. The Morgan fingerprint density at radius 2 is 1.90 bits per heavy atom. The van der Waals surface area contributed by atoms with Gasteiger partial charge in [-0.05, 0) is 54.9 Å². The van der Waals surface area contributed by atoms with Crippen LogP contribution < -0.4 is 4.74 Å².